The van der Waals surface area contributed by atoms with Gasteiger partial charge in [-0.2, -0.15) is 0 Å². The molecule has 0 spiro atoms. The van der Waals surface area contributed by atoms with Crippen LogP contribution in [0.25, 0.3) is 0 Å². The van der Waals surface area contributed by atoms with E-state index in [2.05, 4.69) is 0 Å². The van der Waals surface area contributed by atoms with Gasteiger partial charge >= 0.3 is 0 Å². The van der Waals surface area contributed by atoms with Crippen LogP contribution in [0.4, 0.5) is 11.4 Å². The number of anilines is 2. The average Bonchev–Trinajstić information content (AvgIpc) is 2.52. The van der Waals surface area contributed by atoms with Crippen molar-refractivity contribution in [3.63, 3.8) is 0 Å². The first-order valence-corrected chi connectivity index (χ1v) is 7.96. The van der Waals surface area contributed by atoms with Crippen molar-refractivity contribution < 1.29 is 9.59 Å². The molecule has 0 saturated heterocycles. The molecule has 0 aliphatic carbocycles. The van der Waals surface area contributed by atoms with Crippen LogP contribution in [0, 0.1) is 12.3 Å². The van der Waals surface area contributed by atoms with Crippen molar-refractivity contribution in [2.45, 2.75) is 27.7 Å². The van der Waals surface area contributed by atoms with E-state index < -0.39 is 5.41 Å². The zero-order chi connectivity index (χ0) is 17.9. The molecule has 24 heavy (non-hydrogen) atoms. The number of nitrogen functional groups attached to an aromatic ring is 1. The molecule has 2 rings (SSSR count). The zero-order valence-corrected chi connectivity index (χ0v) is 14.7. The molecule has 0 unspecified atom stereocenters. The molecule has 0 aliphatic rings. The second kappa shape index (κ2) is 6.87. The van der Waals surface area contributed by atoms with Gasteiger partial charge in [-0.3, -0.25) is 9.59 Å². The Kier molecular flexibility index (Phi) is 5.07. The Hall–Kier alpha value is -2.62. The van der Waals surface area contributed by atoms with Crippen LogP contribution in [0.15, 0.2) is 48.5 Å². The number of amides is 1. The standard InChI is InChI=1S/C20H24N2O2/c1-14-9-11-15(12-10-14)22(13-18(23)20(2,3)4)19(24)16-7-5-6-8-17(16)21/h5-12H,13,21H2,1-4H3. The number of carbonyl (C=O) groups excluding carboxylic acids is 2. The number of hydrogen-bond acceptors (Lipinski definition) is 3. The Morgan fingerprint density at radius 3 is 2.12 bits per heavy atom. The van der Waals surface area contributed by atoms with Crippen LogP contribution in [0.2, 0.25) is 0 Å². The monoisotopic (exact) mass is 324 g/mol. The molecule has 0 saturated carbocycles. The molecular formula is C20H24N2O2. The van der Waals surface area contributed by atoms with Gasteiger partial charge in [0, 0.05) is 16.8 Å². The van der Waals surface area contributed by atoms with Gasteiger partial charge in [0.25, 0.3) is 5.91 Å². The third-order valence-electron chi connectivity index (χ3n) is 3.92. The van der Waals surface area contributed by atoms with Crippen molar-refractivity contribution in [1.82, 2.24) is 0 Å². The fraction of sp³-hybridized carbons (Fsp3) is 0.300. The smallest absolute Gasteiger partial charge is 0.260 e. The van der Waals surface area contributed by atoms with E-state index in [1.54, 1.807) is 24.3 Å². The van der Waals surface area contributed by atoms with Crippen molar-refractivity contribution >= 4 is 23.1 Å². The second-order valence-electron chi connectivity index (χ2n) is 6.99. The minimum Gasteiger partial charge on any atom is -0.398 e. The summed E-state index contributed by atoms with van der Waals surface area (Å²) in [5.41, 5.74) is 8.01. The van der Waals surface area contributed by atoms with Crippen molar-refractivity contribution in [2.24, 2.45) is 5.41 Å². The fourth-order valence-corrected chi connectivity index (χ4v) is 2.22. The minimum atomic E-state index is -0.522. The third kappa shape index (κ3) is 4.02. The number of aryl methyl sites for hydroxylation is 1. The maximum Gasteiger partial charge on any atom is 0.260 e. The van der Waals surface area contributed by atoms with Gasteiger partial charge in [0.15, 0.2) is 5.78 Å². The molecule has 4 nitrogen and oxygen atoms in total. The number of hydrogen-bond donors (Lipinski definition) is 1. The van der Waals surface area contributed by atoms with Gasteiger partial charge in [0.2, 0.25) is 0 Å². The number of rotatable bonds is 4. The molecule has 126 valence electrons. The van der Waals surface area contributed by atoms with Crippen LogP contribution in [-0.2, 0) is 4.79 Å². The van der Waals surface area contributed by atoms with E-state index in [-0.39, 0.29) is 18.2 Å². The fourth-order valence-electron chi connectivity index (χ4n) is 2.22. The van der Waals surface area contributed by atoms with Gasteiger partial charge in [0.1, 0.15) is 0 Å². The molecule has 0 aromatic heterocycles. The Morgan fingerprint density at radius 1 is 1.00 bits per heavy atom. The van der Waals surface area contributed by atoms with Crippen LogP contribution in [0.5, 0.6) is 0 Å². The van der Waals surface area contributed by atoms with Crippen molar-refractivity contribution in [3.05, 3.63) is 59.7 Å². The van der Waals surface area contributed by atoms with E-state index in [1.807, 2.05) is 52.0 Å². The van der Waals surface area contributed by atoms with E-state index in [0.717, 1.165) is 5.56 Å². The van der Waals surface area contributed by atoms with Gasteiger partial charge in [-0.05, 0) is 31.2 Å². The van der Waals surface area contributed by atoms with Crippen LogP contribution < -0.4 is 10.6 Å². The summed E-state index contributed by atoms with van der Waals surface area (Å²) in [6.07, 6.45) is 0. The highest BCUT2D eigenvalue weighted by molar-refractivity contribution is 6.11. The summed E-state index contributed by atoms with van der Waals surface area (Å²) in [6, 6.07) is 14.5. The normalized spacial score (nSPS) is 11.2. The Labute approximate surface area is 143 Å². The van der Waals surface area contributed by atoms with Crippen LogP contribution in [-0.4, -0.2) is 18.2 Å². The molecule has 0 radical (unpaired) electrons. The van der Waals surface area contributed by atoms with Crippen molar-refractivity contribution in [1.29, 1.82) is 0 Å². The van der Waals surface area contributed by atoms with Gasteiger partial charge in [0.05, 0.1) is 12.1 Å². The zero-order valence-electron chi connectivity index (χ0n) is 14.7. The largest absolute Gasteiger partial charge is 0.398 e. The Bertz CT molecular complexity index is 743. The van der Waals surface area contributed by atoms with Crippen LogP contribution in [0.1, 0.15) is 36.7 Å². The summed E-state index contributed by atoms with van der Waals surface area (Å²) in [7, 11) is 0. The lowest BCUT2D eigenvalue weighted by molar-refractivity contribution is -0.124. The van der Waals surface area contributed by atoms with Crippen molar-refractivity contribution in [2.75, 3.05) is 17.2 Å². The summed E-state index contributed by atoms with van der Waals surface area (Å²) in [6.45, 7) is 7.54. The number of ketones is 1. The molecule has 2 aromatic carbocycles. The first-order chi connectivity index (χ1) is 11.2. The van der Waals surface area contributed by atoms with E-state index in [9.17, 15) is 9.59 Å². The Morgan fingerprint density at radius 2 is 1.58 bits per heavy atom. The summed E-state index contributed by atoms with van der Waals surface area (Å²) < 4.78 is 0. The number of carbonyl (C=O) groups is 2. The molecule has 0 heterocycles. The first kappa shape index (κ1) is 17.7. The lowest BCUT2D eigenvalue weighted by atomic mass is 9.90. The summed E-state index contributed by atoms with van der Waals surface area (Å²) in [4.78, 5) is 27.0. The van der Waals surface area contributed by atoms with E-state index in [0.29, 0.717) is 16.9 Å². The highest BCUT2D eigenvalue weighted by atomic mass is 16.2. The highest BCUT2D eigenvalue weighted by Crippen LogP contribution is 2.23. The number of para-hydroxylation sites is 1. The molecule has 2 aromatic rings. The molecule has 1 amide bonds. The van der Waals surface area contributed by atoms with Gasteiger partial charge in [-0.15, -0.1) is 0 Å². The minimum absolute atomic E-state index is 0.00840. The SMILES string of the molecule is Cc1ccc(N(CC(=O)C(C)(C)C)C(=O)c2ccccc2N)cc1. The molecule has 0 atom stereocenters. The summed E-state index contributed by atoms with van der Waals surface area (Å²) >= 11 is 0. The van der Waals surface area contributed by atoms with E-state index in [4.69, 9.17) is 5.73 Å². The molecule has 0 bridgehead atoms. The average molecular weight is 324 g/mol. The second-order valence-corrected chi connectivity index (χ2v) is 6.99. The maximum atomic E-state index is 13.0. The summed E-state index contributed by atoms with van der Waals surface area (Å²) in [5, 5.41) is 0. The predicted octanol–water partition coefficient (Wildman–Crippen LogP) is 3.84. The molecular weight excluding hydrogens is 300 g/mol. The quantitative estimate of drug-likeness (QED) is 0.869. The first-order valence-electron chi connectivity index (χ1n) is 7.96. The summed E-state index contributed by atoms with van der Waals surface area (Å²) in [5.74, 6) is -0.277. The van der Waals surface area contributed by atoms with Gasteiger partial charge < -0.3 is 10.6 Å². The third-order valence-corrected chi connectivity index (χ3v) is 3.92. The topological polar surface area (TPSA) is 63.4 Å². The Balaban J connectivity index is 2.42. The van der Waals surface area contributed by atoms with E-state index in [1.165, 1.54) is 4.90 Å². The molecule has 2 N–H and O–H groups in total. The van der Waals surface area contributed by atoms with Gasteiger partial charge in [-0.25, -0.2) is 0 Å². The predicted molar refractivity (Wildman–Crippen MR) is 98.2 cm³/mol. The number of nitrogens with zero attached hydrogens (tertiary/aromatic N) is 1. The molecule has 0 fully saturated rings. The number of Topliss-reactive ketones (excluding diaryl/α,β-unsaturated/α-hetero) is 1. The highest BCUT2D eigenvalue weighted by Gasteiger charge is 2.28. The molecule has 4 heteroatoms. The van der Waals surface area contributed by atoms with Crippen molar-refractivity contribution in [3.8, 4) is 0 Å². The number of benzene rings is 2. The lowest BCUT2D eigenvalue weighted by Crippen LogP contribution is -2.40. The van der Waals surface area contributed by atoms with Gasteiger partial charge in [-0.1, -0.05) is 50.6 Å². The van der Waals surface area contributed by atoms with Crippen LogP contribution >= 0.6 is 0 Å². The van der Waals surface area contributed by atoms with Crippen LogP contribution in [0.3, 0.4) is 0 Å². The molecule has 0 aliphatic heterocycles. The van der Waals surface area contributed by atoms with E-state index >= 15 is 0 Å². The number of nitrogens with two attached hydrogens (primary N) is 1. The maximum absolute atomic E-state index is 13.0. The lowest BCUT2D eigenvalue weighted by Gasteiger charge is -2.26.